The van der Waals surface area contributed by atoms with Gasteiger partial charge in [0, 0.05) is 11.6 Å². The van der Waals surface area contributed by atoms with Gasteiger partial charge in [0.1, 0.15) is 23.9 Å². The first-order valence-electron chi connectivity index (χ1n) is 8.85. The molecule has 28 heavy (non-hydrogen) atoms. The molecule has 4 nitrogen and oxygen atoms in total. The lowest BCUT2D eigenvalue weighted by molar-refractivity contribution is 0.306. The fraction of sp³-hybridized carbons (Fsp3) is 0.182. The van der Waals surface area contributed by atoms with Crippen molar-refractivity contribution in [1.29, 1.82) is 0 Å². The van der Waals surface area contributed by atoms with Crippen LogP contribution < -0.4 is 8.92 Å². The van der Waals surface area contributed by atoms with Crippen molar-refractivity contribution in [2.45, 2.75) is 20.0 Å². The van der Waals surface area contributed by atoms with Gasteiger partial charge in [-0.15, -0.1) is 0 Å². The summed E-state index contributed by atoms with van der Waals surface area (Å²) in [5, 5.41) is 0. The highest BCUT2D eigenvalue weighted by Gasteiger charge is 2.16. The maximum Gasteiger partial charge on any atom is 0.306 e. The van der Waals surface area contributed by atoms with Crippen LogP contribution in [0.3, 0.4) is 0 Å². The monoisotopic (exact) mass is 400 g/mol. The third kappa shape index (κ3) is 5.10. The zero-order valence-corrected chi connectivity index (χ0v) is 16.5. The molecule has 6 heteroatoms. The standard InChI is InChI=1S/C22H21FO4S/c1-3-17-13-20(18-9-11-19(23)12-10-18)22(14-21(17)27-28(2,24)25)26-15-16-7-5-4-6-8-16/h4-14H,3,15H2,1-2H3. The lowest BCUT2D eigenvalue weighted by atomic mass is 10.00. The Kier molecular flexibility index (Phi) is 5.99. The van der Waals surface area contributed by atoms with E-state index in [4.69, 9.17) is 8.92 Å². The second kappa shape index (κ2) is 8.44. The first kappa shape index (κ1) is 19.9. The van der Waals surface area contributed by atoms with E-state index in [-0.39, 0.29) is 11.6 Å². The van der Waals surface area contributed by atoms with Crippen molar-refractivity contribution in [1.82, 2.24) is 0 Å². The Balaban J connectivity index is 2.05. The average Bonchev–Trinajstić information content (AvgIpc) is 2.67. The molecule has 0 unspecified atom stereocenters. The summed E-state index contributed by atoms with van der Waals surface area (Å²) < 4.78 is 47.8. The van der Waals surface area contributed by atoms with Gasteiger partial charge in [-0.2, -0.15) is 8.42 Å². The van der Waals surface area contributed by atoms with Gasteiger partial charge < -0.3 is 8.92 Å². The summed E-state index contributed by atoms with van der Waals surface area (Å²) in [6, 6.07) is 19.1. The number of ether oxygens (including phenoxy) is 1. The predicted molar refractivity (Wildman–Crippen MR) is 107 cm³/mol. The van der Waals surface area contributed by atoms with Crippen LogP contribution in [0.1, 0.15) is 18.1 Å². The molecule has 0 N–H and O–H groups in total. The molecule has 0 spiro atoms. The van der Waals surface area contributed by atoms with Crippen molar-refractivity contribution in [3.63, 3.8) is 0 Å². The van der Waals surface area contributed by atoms with Gasteiger partial charge in [-0.25, -0.2) is 4.39 Å². The van der Waals surface area contributed by atoms with E-state index in [1.54, 1.807) is 18.2 Å². The van der Waals surface area contributed by atoms with E-state index < -0.39 is 10.1 Å². The molecule has 0 atom stereocenters. The van der Waals surface area contributed by atoms with Crippen molar-refractivity contribution >= 4 is 10.1 Å². The van der Waals surface area contributed by atoms with E-state index in [0.29, 0.717) is 18.8 Å². The Hall–Kier alpha value is -2.86. The van der Waals surface area contributed by atoms with E-state index in [1.165, 1.54) is 12.1 Å². The van der Waals surface area contributed by atoms with Gasteiger partial charge in [-0.3, -0.25) is 0 Å². The Morgan fingerprint density at radius 1 is 0.929 bits per heavy atom. The molecule has 0 radical (unpaired) electrons. The van der Waals surface area contributed by atoms with Gasteiger partial charge in [0.25, 0.3) is 0 Å². The van der Waals surface area contributed by atoms with Crippen LogP contribution in [-0.4, -0.2) is 14.7 Å². The second-order valence-electron chi connectivity index (χ2n) is 6.38. The number of aryl methyl sites for hydroxylation is 1. The van der Waals surface area contributed by atoms with Crippen LogP contribution in [-0.2, 0) is 23.1 Å². The molecule has 0 aliphatic carbocycles. The zero-order valence-electron chi connectivity index (χ0n) is 15.7. The molecule has 146 valence electrons. The summed E-state index contributed by atoms with van der Waals surface area (Å²) in [7, 11) is -3.68. The summed E-state index contributed by atoms with van der Waals surface area (Å²) in [5.41, 5.74) is 3.20. The number of rotatable bonds is 7. The molecule has 0 saturated heterocycles. The number of halogens is 1. The van der Waals surface area contributed by atoms with E-state index >= 15 is 0 Å². The molecule has 0 aliphatic rings. The van der Waals surface area contributed by atoms with E-state index in [9.17, 15) is 12.8 Å². The quantitative estimate of drug-likeness (QED) is 0.525. The average molecular weight is 400 g/mol. The minimum absolute atomic E-state index is 0.235. The van der Waals surface area contributed by atoms with Crippen LogP contribution >= 0.6 is 0 Å². The molecular formula is C22H21FO4S. The fourth-order valence-corrected chi connectivity index (χ4v) is 3.31. The molecule has 3 rings (SSSR count). The second-order valence-corrected chi connectivity index (χ2v) is 7.95. The van der Waals surface area contributed by atoms with Gasteiger partial charge in [-0.1, -0.05) is 49.4 Å². The topological polar surface area (TPSA) is 52.6 Å². The van der Waals surface area contributed by atoms with Gasteiger partial charge in [0.2, 0.25) is 0 Å². The lowest BCUT2D eigenvalue weighted by Crippen LogP contribution is -2.08. The van der Waals surface area contributed by atoms with Crippen molar-refractivity contribution in [2.24, 2.45) is 0 Å². The molecular weight excluding hydrogens is 379 g/mol. The van der Waals surface area contributed by atoms with Crippen molar-refractivity contribution in [2.75, 3.05) is 6.26 Å². The number of hydrogen-bond acceptors (Lipinski definition) is 4. The molecule has 0 aliphatic heterocycles. The Bertz CT molecular complexity index is 1050. The van der Waals surface area contributed by atoms with Crippen molar-refractivity contribution in [3.05, 3.63) is 83.7 Å². The van der Waals surface area contributed by atoms with Crippen LogP contribution in [0.2, 0.25) is 0 Å². The highest BCUT2D eigenvalue weighted by Crippen LogP contribution is 2.37. The molecule has 0 bridgehead atoms. The SMILES string of the molecule is CCc1cc(-c2ccc(F)cc2)c(OCc2ccccc2)cc1OS(C)(=O)=O. The summed E-state index contributed by atoms with van der Waals surface area (Å²) in [6.45, 7) is 2.21. The van der Waals surface area contributed by atoms with Gasteiger partial charge >= 0.3 is 10.1 Å². The summed E-state index contributed by atoms with van der Waals surface area (Å²) in [5.74, 6) is 0.369. The zero-order chi connectivity index (χ0) is 20.1. The first-order chi connectivity index (χ1) is 13.4. The molecule has 0 heterocycles. The number of hydrogen-bond donors (Lipinski definition) is 0. The third-order valence-electron chi connectivity index (χ3n) is 4.18. The van der Waals surface area contributed by atoms with Crippen LogP contribution in [0.5, 0.6) is 11.5 Å². The lowest BCUT2D eigenvalue weighted by Gasteiger charge is -2.17. The normalized spacial score (nSPS) is 11.2. The summed E-state index contributed by atoms with van der Waals surface area (Å²) >= 11 is 0. The smallest absolute Gasteiger partial charge is 0.306 e. The largest absolute Gasteiger partial charge is 0.488 e. The minimum atomic E-state index is -3.68. The van der Waals surface area contributed by atoms with E-state index in [0.717, 1.165) is 28.5 Å². The van der Waals surface area contributed by atoms with E-state index in [2.05, 4.69) is 0 Å². The van der Waals surface area contributed by atoms with Crippen LogP contribution in [0.25, 0.3) is 11.1 Å². The molecule has 3 aromatic rings. The minimum Gasteiger partial charge on any atom is -0.488 e. The van der Waals surface area contributed by atoms with Crippen molar-refractivity contribution in [3.8, 4) is 22.6 Å². The van der Waals surface area contributed by atoms with Crippen LogP contribution in [0.15, 0.2) is 66.7 Å². The molecule has 0 amide bonds. The molecule has 3 aromatic carbocycles. The summed E-state index contributed by atoms with van der Waals surface area (Å²) in [6.07, 6.45) is 1.57. The Morgan fingerprint density at radius 3 is 2.21 bits per heavy atom. The maximum absolute atomic E-state index is 13.3. The van der Waals surface area contributed by atoms with Gasteiger partial charge in [0.15, 0.2) is 0 Å². The Morgan fingerprint density at radius 2 is 1.61 bits per heavy atom. The van der Waals surface area contributed by atoms with Gasteiger partial charge in [0.05, 0.1) is 6.26 Å². The van der Waals surface area contributed by atoms with Crippen LogP contribution in [0, 0.1) is 5.82 Å². The highest BCUT2D eigenvalue weighted by atomic mass is 32.2. The first-order valence-corrected chi connectivity index (χ1v) is 10.7. The summed E-state index contributed by atoms with van der Waals surface area (Å²) in [4.78, 5) is 0. The Labute approximate surface area is 164 Å². The molecule has 0 saturated carbocycles. The van der Waals surface area contributed by atoms with Gasteiger partial charge in [-0.05, 0) is 41.3 Å². The highest BCUT2D eigenvalue weighted by molar-refractivity contribution is 7.86. The predicted octanol–water partition coefficient (Wildman–Crippen LogP) is 4.97. The van der Waals surface area contributed by atoms with E-state index in [1.807, 2.05) is 43.3 Å². The van der Waals surface area contributed by atoms with Crippen molar-refractivity contribution < 1.29 is 21.7 Å². The third-order valence-corrected chi connectivity index (χ3v) is 4.66. The number of benzene rings is 3. The molecule has 0 fully saturated rings. The fourth-order valence-electron chi connectivity index (χ4n) is 2.83. The molecule has 0 aromatic heterocycles. The maximum atomic E-state index is 13.3. The van der Waals surface area contributed by atoms with Crippen LogP contribution in [0.4, 0.5) is 4.39 Å².